The number of hydroxylamine groups is 2. The fourth-order valence-electron chi connectivity index (χ4n) is 5.12. The molecule has 0 aromatic carbocycles. The molecule has 2 saturated carbocycles. The van der Waals surface area contributed by atoms with Gasteiger partial charge < -0.3 is 20.5 Å². The normalized spacial score (nSPS) is 26.4. The smallest absolute Gasteiger partial charge is 0.322 e. The predicted molar refractivity (Wildman–Crippen MR) is 109 cm³/mol. The summed E-state index contributed by atoms with van der Waals surface area (Å²) in [5.74, 6) is 0. The lowest BCUT2D eigenvalue weighted by atomic mass is 9.92. The summed E-state index contributed by atoms with van der Waals surface area (Å²) in [6.45, 7) is 7.88. The minimum absolute atomic E-state index is 0.0132. The minimum Gasteiger partial charge on any atom is -0.753 e. The Labute approximate surface area is 168 Å². The maximum atomic E-state index is 13.2. The number of carbonyl (C=O) groups excluding carboxylic acids is 2. The van der Waals surface area contributed by atoms with Crippen LogP contribution in [0.25, 0.3) is 0 Å². The molecule has 0 aromatic heterocycles. The molecule has 0 unspecified atom stereocenters. The van der Waals surface area contributed by atoms with Crippen LogP contribution in [0.15, 0.2) is 12.7 Å². The van der Waals surface area contributed by atoms with E-state index >= 15 is 0 Å². The van der Waals surface area contributed by atoms with Gasteiger partial charge in [0.05, 0.1) is 5.54 Å². The third-order valence-corrected chi connectivity index (χ3v) is 6.68. The van der Waals surface area contributed by atoms with E-state index in [2.05, 4.69) is 11.9 Å². The lowest BCUT2D eigenvalue weighted by Gasteiger charge is -2.48. The van der Waals surface area contributed by atoms with Crippen LogP contribution in [0.2, 0.25) is 0 Å². The molecule has 0 bridgehead atoms. The average molecular weight is 392 g/mol. The number of rotatable bonds is 5. The largest absolute Gasteiger partial charge is 0.753 e. The molecule has 0 radical (unpaired) electrons. The van der Waals surface area contributed by atoms with Crippen molar-refractivity contribution in [3.8, 4) is 0 Å². The van der Waals surface area contributed by atoms with Crippen LogP contribution in [-0.2, 0) is 0 Å². The third-order valence-electron chi connectivity index (χ3n) is 6.68. The number of urea groups is 2. The van der Waals surface area contributed by atoms with E-state index in [1.165, 1.54) is 6.42 Å². The second-order valence-corrected chi connectivity index (χ2v) is 9.02. The zero-order valence-electron chi connectivity index (χ0n) is 17.4. The van der Waals surface area contributed by atoms with Gasteiger partial charge in [-0.25, -0.2) is 9.59 Å². The van der Waals surface area contributed by atoms with Crippen LogP contribution in [0.5, 0.6) is 0 Å². The van der Waals surface area contributed by atoms with Crippen LogP contribution in [-0.4, -0.2) is 57.3 Å². The first-order valence-electron chi connectivity index (χ1n) is 10.9. The summed E-state index contributed by atoms with van der Waals surface area (Å²) in [7, 11) is 0. The molecule has 1 saturated heterocycles. The van der Waals surface area contributed by atoms with Crippen LogP contribution < -0.4 is 5.32 Å². The van der Waals surface area contributed by atoms with Gasteiger partial charge in [-0.05, 0) is 39.5 Å². The molecule has 158 valence electrons. The van der Waals surface area contributed by atoms with Crippen molar-refractivity contribution in [2.75, 3.05) is 6.54 Å². The van der Waals surface area contributed by atoms with Gasteiger partial charge in [-0.15, -0.1) is 6.58 Å². The SMILES string of the molecule is C=CCN1C(=O)N(C2CCCCC2)[C@H](N([O-])C(=O)NC2CCCCC2)C1(C)C. The van der Waals surface area contributed by atoms with E-state index < -0.39 is 17.7 Å². The zero-order chi connectivity index (χ0) is 20.3. The zero-order valence-corrected chi connectivity index (χ0v) is 17.4. The van der Waals surface area contributed by atoms with Gasteiger partial charge in [-0.1, -0.05) is 44.6 Å². The Kier molecular flexibility index (Phi) is 6.53. The summed E-state index contributed by atoms with van der Waals surface area (Å²) in [6, 6.07) is -0.697. The number of nitrogens with one attached hydrogen (secondary N) is 1. The first-order valence-corrected chi connectivity index (χ1v) is 10.9. The topological polar surface area (TPSA) is 79.0 Å². The molecule has 0 aromatic rings. The van der Waals surface area contributed by atoms with Crippen LogP contribution in [0.4, 0.5) is 9.59 Å². The van der Waals surface area contributed by atoms with Gasteiger partial charge >= 0.3 is 12.1 Å². The lowest BCUT2D eigenvalue weighted by Crippen LogP contribution is -2.60. The molecule has 3 rings (SSSR count). The molecule has 7 heteroatoms. The fourth-order valence-corrected chi connectivity index (χ4v) is 5.12. The van der Waals surface area contributed by atoms with E-state index in [4.69, 9.17) is 0 Å². The molecule has 1 heterocycles. The maximum Gasteiger partial charge on any atom is 0.322 e. The highest BCUT2D eigenvalue weighted by atomic mass is 16.5. The van der Waals surface area contributed by atoms with E-state index in [0.29, 0.717) is 11.6 Å². The van der Waals surface area contributed by atoms with Gasteiger partial charge in [-0.3, -0.25) is 4.90 Å². The molecule has 1 atom stereocenters. The molecule has 3 fully saturated rings. The van der Waals surface area contributed by atoms with E-state index in [-0.39, 0.29) is 18.1 Å². The molecular formula is C21H35N4O3-. The van der Waals surface area contributed by atoms with Crippen molar-refractivity contribution in [3.63, 3.8) is 0 Å². The van der Waals surface area contributed by atoms with E-state index in [0.717, 1.165) is 57.8 Å². The number of nitrogens with zero attached hydrogens (tertiary/aromatic N) is 3. The van der Waals surface area contributed by atoms with Crippen molar-refractivity contribution < 1.29 is 9.59 Å². The summed E-state index contributed by atoms with van der Waals surface area (Å²) in [4.78, 5) is 29.4. The molecule has 7 nitrogen and oxygen atoms in total. The van der Waals surface area contributed by atoms with Gasteiger partial charge in [0.25, 0.3) is 0 Å². The minimum atomic E-state index is -0.827. The van der Waals surface area contributed by atoms with Crippen LogP contribution >= 0.6 is 0 Å². The molecular weight excluding hydrogens is 356 g/mol. The number of hydrogen-bond donors (Lipinski definition) is 1. The second-order valence-electron chi connectivity index (χ2n) is 9.02. The standard InChI is InChI=1S/C21H35N4O3/c1-4-15-23-20(27)24(17-13-9-6-10-14-17)18(21(23,2)3)25(28)19(26)22-16-11-7-5-8-12-16/h4,16-18H,1,5-15H2,2-3H3,(H,22,26)/q-1/t18-/m1/s1. The van der Waals surface area contributed by atoms with Gasteiger partial charge in [0.15, 0.2) is 0 Å². The van der Waals surface area contributed by atoms with Crippen molar-refractivity contribution in [1.29, 1.82) is 0 Å². The Bertz CT molecular complexity index is 582. The summed E-state index contributed by atoms with van der Waals surface area (Å²) in [5.41, 5.74) is -0.783. The highest BCUT2D eigenvalue weighted by Crippen LogP contribution is 2.39. The molecule has 28 heavy (non-hydrogen) atoms. The number of carbonyl (C=O) groups is 2. The van der Waals surface area contributed by atoms with Crippen molar-refractivity contribution in [1.82, 2.24) is 20.2 Å². The van der Waals surface area contributed by atoms with E-state index in [1.54, 1.807) is 15.9 Å². The molecule has 2 aliphatic carbocycles. The van der Waals surface area contributed by atoms with Gasteiger partial charge in [0, 0.05) is 18.6 Å². The van der Waals surface area contributed by atoms with Gasteiger partial charge in [-0.2, -0.15) is 0 Å². The van der Waals surface area contributed by atoms with Crippen molar-refractivity contribution in [2.24, 2.45) is 0 Å². The lowest BCUT2D eigenvalue weighted by molar-refractivity contribution is 0.0558. The molecule has 3 aliphatic rings. The number of amides is 4. The van der Waals surface area contributed by atoms with Crippen LogP contribution in [0, 0.1) is 5.21 Å². The molecule has 4 amide bonds. The monoisotopic (exact) mass is 391 g/mol. The highest BCUT2D eigenvalue weighted by Gasteiger charge is 2.54. The Balaban J connectivity index is 1.82. The van der Waals surface area contributed by atoms with Crippen molar-refractivity contribution >= 4 is 12.1 Å². The maximum absolute atomic E-state index is 13.2. The van der Waals surface area contributed by atoms with Crippen LogP contribution in [0.1, 0.15) is 78.1 Å². The second kappa shape index (κ2) is 8.72. The summed E-state index contributed by atoms with van der Waals surface area (Å²) in [6.07, 6.45) is 11.1. The fraction of sp³-hybridized carbons (Fsp3) is 0.810. The van der Waals surface area contributed by atoms with Gasteiger partial charge in [0.1, 0.15) is 6.17 Å². The Hall–Kier alpha value is -1.76. The van der Waals surface area contributed by atoms with Gasteiger partial charge in [0.2, 0.25) is 0 Å². The predicted octanol–water partition coefficient (Wildman–Crippen LogP) is 4.19. The highest BCUT2D eigenvalue weighted by molar-refractivity contribution is 5.82. The summed E-state index contributed by atoms with van der Waals surface area (Å²) >= 11 is 0. The summed E-state index contributed by atoms with van der Waals surface area (Å²) in [5, 5.41) is 16.7. The van der Waals surface area contributed by atoms with Crippen LogP contribution in [0.3, 0.4) is 0 Å². The molecule has 0 spiro atoms. The molecule has 1 aliphatic heterocycles. The quantitative estimate of drug-likeness (QED) is 0.564. The first kappa shape index (κ1) is 21.0. The van der Waals surface area contributed by atoms with E-state index in [1.807, 2.05) is 13.8 Å². The Morgan fingerprint density at radius 2 is 1.75 bits per heavy atom. The average Bonchev–Trinajstić information content (AvgIpc) is 2.89. The number of hydrogen-bond acceptors (Lipinski definition) is 3. The Morgan fingerprint density at radius 3 is 2.32 bits per heavy atom. The Morgan fingerprint density at radius 1 is 1.18 bits per heavy atom. The summed E-state index contributed by atoms with van der Waals surface area (Å²) < 4.78 is 0. The van der Waals surface area contributed by atoms with Crippen molar-refractivity contribution in [2.45, 2.75) is 102 Å². The van der Waals surface area contributed by atoms with Crippen molar-refractivity contribution in [3.05, 3.63) is 17.9 Å². The van der Waals surface area contributed by atoms with E-state index in [9.17, 15) is 14.8 Å². The molecule has 1 N–H and O–H groups in total. The first-order chi connectivity index (χ1) is 13.4. The third kappa shape index (κ3) is 4.00.